The molecule has 0 heterocycles. The maximum absolute atomic E-state index is 11.7. The third-order valence-electron chi connectivity index (χ3n) is 3.19. The molecule has 0 spiro atoms. The molecule has 3 N–H and O–H groups in total. The number of hydrogen-bond donors (Lipinski definition) is 2. The van der Waals surface area contributed by atoms with Crippen molar-refractivity contribution in [1.29, 1.82) is 0 Å². The number of carbonyl (C=O) groups excluding carboxylic acids is 1. The van der Waals surface area contributed by atoms with Crippen LogP contribution in [0.3, 0.4) is 0 Å². The Labute approximate surface area is 131 Å². The SMILES string of the molecule is Cc1cccc(Oc2ccc(NC(=O)CCC(C)N)cc2)c1. The number of amides is 1. The highest BCUT2D eigenvalue weighted by atomic mass is 16.5. The minimum absolute atomic E-state index is 0.0235. The topological polar surface area (TPSA) is 64.3 Å². The summed E-state index contributed by atoms with van der Waals surface area (Å²) in [5.74, 6) is 1.51. The largest absolute Gasteiger partial charge is 0.457 e. The van der Waals surface area contributed by atoms with Crippen LogP contribution in [0.1, 0.15) is 25.3 Å². The molecule has 4 heteroatoms. The first-order valence-electron chi connectivity index (χ1n) is 7.43. The molecule has 0 aliphatic heterocycles. The average molecular weight is 298 g/mol. The predicted octanol–water partition coefficient (Wildman–Crippen LogP) is 3.85. The van der Waals surface area contributed by atoms with E-state index < -0.39 is 0 Å². The summed E-state index contributed by atoms with van der Waals surface area (Å²) in [5, 5.41) is 2.85. The second-order valence-electron chi connectivity index (χ2n) is 5.51. The van der Waals surface area contributed by atoms with Gasteiger partial charge >= 0.3 is 0 Å². The van der Waals surface area contributed by atoms with E-state index in [2.05, 4.69) is 5.32 Å². The lowest BCUT2D eigenvalue weighted by Gasteiger charge is -2.09. The van der Waals surface area contributed by atoms with Crippen LogP contribution in [0.5, 0.6) is 11.5 Å². The van der Waals surface area contributed by atoms with E-state index in [1.54, 1.807) is 0 Å². The Morgan fingerprint density at radius 3 is 2.55 bits per heavy atom. The van der Waals surface area contributed by atoms with Gasteiger partial charge in [0.05, 0.1) is 0 Å². The molecule has 0 aliphatic carbocycles. The fourth-order valence-corrected chi connectivity index (χ4v) is 2.00. The van der Waals surface area contributed by atoms with Crippen molar-refractivity contribution in [2.75, 3.05) is 5.32 Å². The van der Waals surface area contributed by atoms with Gasteiger partial charge in [0.15, 0.2) is 0 Å². The van der Waals surface area contributed by atoms with E-state index in [0.717, 1.165) is 22.7 Å². The molecule has 22 heavy (non-hydrogen) atoms. The molecule has 0 radical (unpaired) electrons. The van der Waals surface area contributed by atoms with Gasteiger partial charge in [-0.1, -0.05) is 12.1 Å². The number of benzene rings is 2. The van der Waals surface area contributed by atoms with Crippen molar-refractivity contribution in [2.45, 2.75) is 32.7 Å². The van der Waals surface area contributed by atoms with Gasteiger partial charge in [-0.05, 0) is 62.2 Å². The summed E-state index contributed by atoms with van der Waals surface area (Å²) in [7, 11) is 0. The molecule has 2 rings (SSSR count). The molecule has 116 valence electrons. The number of carbonyl (C=O) groups is 1. The fourth-order valence-electron chi connectivity index (χ4n) is 2.00. The monoisotopic (exact) mass is 298 g/mol. The van der Waals surface area contributed by atoms with Gasteiger partial charge in [-0.25, -0.2) is 0 Å². The van der Waals surface area contributed by atoms with Crippen LogP contribution in [0.25, 0.3) is 0 Å². The summed E-state index contributed by atoms with van der Waals surface area (Å²) in [6.07, 6.45) is 1.11. The van der Waals surface area contributed by atoms with Crippen LogP contribution in [0.2, 0.25) is 0 Å². The van der Waals surface area contributed by atoms with Gasteiger partial charge in [-0.2, -0.15) is 0 Å². The zero-order valence-corrected chi connectivity index (χ0v) is 13.0. The second-order valence-corrected chi connectivity index (χ2v) is 5.51. The zero-order valence-electron chi connectivity index (χ0n) is 13.0. The number of aryl methyl sites for hydroxylation is 1. The highest BCUT2D eigenvalue weighted by Crippen LogP contribution is 2.23. The van der Waals surface area contributed by atoms with Crippen molar-refractivity contribution in [3.8, 4) is 11.5 Å². The molecule has 1 amide bonds. The van der Waals surface area contributed by atoms with E-state index in [4.69, 9.17) is 10.5 Å². The van der Waals surface area contributed by atoms with Crippen LogP contribution < -0.4 is 15.8 Å². The number of nitrogens with one attached hydrogen (secondary N) is 1. The first-order valence-corrected chi connectivity index (χ1v) is 7.43. The molecule has 0 saturated heterocycles. The van der Waals surface area contributed by atoms with E-state index >= 15 is 0 Å². The smallest absolute Gasteiger partial charge is 0.224 e. The van der Waals surface area contributed by atoms with Gasteiger partial charge in [0.2, 0.25) is 5.91 Å². The zero-order chi connectivity index (χ0) is 15.9. The molecule has 0 aromatic heterocycles. The van der Waals surface area contributed by atoms with Crippen LogP contribution in [0, 0.1) is 6.92 Å². The van der Waals surface area contributed by atoms with E-state index in [1.165, 1.54) is 0 Å². The van der Waals surface area contributed by atoms with Crippen LogP contribution in [-0.4, -0.2) is 11.9 Å². The van der Waals surface area contributed by atoms with E-state index in [1.807, 2.05) is 62.4 Å². The average Bonchev–Trinajstić information content (AvgIpc) is 2.47. The van der Waals surface area contributed by atoms with Crippen LogP contribution in [0.15, 0.2) is 48.5 Å². The lowest BCUT2D eigenvalue weighted by atomic mass is 10.2. The summed E-state index contributed by atoms with van der Waals surface area (Å²) in [5.41, 5.74) is 7.55. The molecule has 0 bridgehead atoms. The summed E-state index contributed by atoms with van der Waals surface area (Å²) in [6, 6.07) is 15.2. The van der Waals surface area contributed by atoms with Gasteiger partial charge in [-0.15, -0.1) is 0 Å². The van der Waals surface area contributed by atoms with Gasteiger partial charge in [0.1, 0.15) is 11.5 Å². The van der Waals surface area contributed by atoms with Crippen LogP contribution in [0.4, 0.5) is 5.69 Å². The first kappa shape index (κ1) is 16.0. The molecule has 0 aliphatic rings. The molecular weight excluding hydrogens is 276 g/mol. The van der Waals surface area contributed by atoms with Crippen molar-refractivity contribution in [3.63, 3.8) is 0 Å². The fraction of sp³-hybridized carbons (Fsp3) is 0.278. The number of hydrogen-bond acceptors (Lipinski definition) is 3. The molecular formula is C18H22N2O2. The Hall–Kier alpha value is -2.33. The summed E-state index contributed by atoms with van der Waals surface area (Å²) in [4.78, 5) is 11.7. The number of rotatable bonds is 6. The number of nitrogens with two attached hydrogens (primary N) is 1. The number of anilines is 1. The molecule has 1 unspecified atom stereocenters. The summed E-state index contributed by atoms with van der Waals surface area (Å²) < 4.78 is 5.77. The second kappa shape index (κ2) is 7.61. The van der Waals surface area contributed by atoms with Crippen LogP contribution in [-0.2, 0) is 4.79 Å². The van der Waals surface area contributed by atoms with E-state index in [0.29, 0.717) is 12.8 Å². The van der Waals surface area contributed by atoms with Crippen LogP contribution >= 0.6 is 0 Å². The minimum atomic E-state index is -0.0235. The highest BCUT2D eigenvalue weighted by Gasteiger charge is 2.05. The third-order valence-corrected chi connectivity index (χ3v) is 3.19. The predicted molar refractivity (Wildman–Crippen MR) is 89.2 cm³/mol. The maximum Gasteiger partial charge on any atom is 0.224 e. The first-order chi connectivity index (χ1) is 10.5. The molecule has 4 nitrogen and oxygen atoms in total. The molecule has 0 saturated carbocycles. The van der Waals surface area contributed by atoms with Gasteiger partial charge in [0.25, 0.3) is 0 Å². The summed E-state index contributed by atoms with van der Waals surface area (Å²) in [6.45, 7) is 3.92. The third kappa shape index (κ3) is 5.22. The normalized spacial score (nSPS) is 11.8. The van der Waals surface area contributed by atoms with Crippen molar-refractivity contribution in [2.24, 2.45) is 5.73 Å². The highest BCUT2D eigenvalue weighted by molar-refractivity contribution is 5.90. The quantitative estimate of drug-likeness (QED) is 0.851. The molecule has 0 fully saturated rings. The molecule has 2 aromatic carbocycles. The Morgan fingerprint density at radius 2 is 1.91 bits per heavy atom. The van der Waals surface area contributed by atoms with Crippen molar-refractivity contribution in [3.05, 3.63) is 54.1 Å². The van der Waals surface area contributed by atoms with Crippen molar-refractivity contribution < 1.29 is 9.53 Å². The lowest BCUT2D eigenvalue weighted by molar-refractivity contribution is -0.116. The van der Waals surface area contributed by atoms with E-state index in [9.17, 15) is 4.79 Å². The standard InChI is InChI=1S/C18H22N2O2/c1-13-4-3-5-17(12-13)22-16-9-7-15(8-10-16)20-18(21)11-6-14(2)19/h3-5,7-10,12,14H,6,11,19H2,1-2H3,(H,20,21). The lowest BCUT2D eigenvalue weighted by Crippen LogP contribution is -2.19. The minimum Gasteiger partial charge on any atom is -0.457 e. The molecule has 2 aromatic rings. The maximum atomic E-state index is 11.7. The Morgan fingerprint density at radius 1 is 1.18 bits per heavy atom. The molecule has 1 atom stereocenters. The van der Waals surface area contributed by atoms with Gasteiger partial charge in [-0.3, -0.25) is 4.79 Å². The Kier molecular flexibility index (Phi) is 5.55. The van der Waals surface area contributed by atoms with Crippen molar-refractivity contribution >= 4 is 11.6 Å². The number of ether oxygens (including phenoxy) is 1. The Balaban J connectivity index is 1.91. The van der Waals surface area contributed by atoms with Gasteiger partial charge < -0.3 is 15.8 Å². The van der Waals surface area contributed by atoms with Gasteiger partial charge in [0, 0.05) is 18.2 Å². The summed E-state index contributed by atoms with van der Waals surface area (Å²) >= 11 is 0. The van der Waals surface area contributed by atoms with E-state index in [-0.39, 0.29) is 11.9 Å². The van der Waals surface area contributed by atoms with Crippen molar-refractivity contribution in [1.82, 2.24) is 0 Å². The Bertz CT molecular complexity index is 621.